The van der Waals surface area contributed by atoms with Crippen molar-refractivity contribution in [1.82, 2.24) is 4.98 Å². The van der Waals surface area contributed by atoms with E-state index in [2.05, 4.69) is 108 Å². The van der Waals surface area contributed by atoms with Gasteiger partial charge in [0.2, 0.25) is 0 Å². The summed E-state index contributed by atoms with van der Waals surface area (Å²) in [4.78, 5) is 19.2. The number of aromatic nitrogens is 2. The maximum atomic E-state index is 11.7. The van der Waals surface area contributed by atoms with Crippen LogP contribution in [-0.2, 0) is 36.7 Å². The fourth-order valence-electron chi connectivity index (χ4n) is 6.32. The van der Waals surface area contributed by atoms with Gasteiger partial charge in [0.25, 0.3) is 0 Å². The standard InChI is InChI=1S/C31H31N2S.C13H24O2.Ir/c1-20(2)15-25-17-23-11-12-28(32-30(23)34-25)22-13-14-33(6)29(19-22)24-16-21-9-7-8-10-26(21)27(18-24)31(3,4)5;1-5-10(6-2)12(14)9-13(15)11(7-3)8-4;/h7-14,17-20H,6,15H2,1-5H3;9-11,14H,5-8H2,1-4H3;/q-1;;/b;12-9-;. The number of fused-ring (bicyclic) bond motifs is 2. The predicted molar refractivity (Wildman–Crippen MR) is 209 cm³/mol. The number of nitrogens with zero attached hydrogens (tertiary/aromatic N) is 2. The Morgan fingerprint density at radius 3 is 2.24 bits per heavy atom. The number of ketones is 1. The maximum Gasteiger partial charge on any atom is 0.162 e. The first-order valence-corrected chi connectivity index (χ1v) is 18.8. The zero-order valence-electron chi connectivity index (χ0n) is 31.4. The molecule has 269 valence electrons. The Kier molecular flexibility index (Phi) is 15.0. The number of aliphatic hydroxyl groups is 1. The second kappa shape index (κ2) is 18.3. The van der Waals surface area contributed by atoms with Gasteiger partial charge in [-0.25, -0.2) is 4.98 Å². The first-order valence-electron chi connectivity index (χ1n) is 18.0. The van der Waals surface area contributed by atoms with Crippen LogP contribution < -0.4 is 4.57 Å². The quantitative estimate of drug-likeness (QED) is 0.0623. The number of carbonyl (C=O) groups excluding carboxylic acids is 1. The molecule has 0 aliphatic heterocycles. The number of carbonyl (C=O) groups is 1. The zero-order chi connectivity index (χ0) is 35.9. The molecule has 50 heavy (non-hydrogen) atoms. The van der Waals surface area contributed by atoms with E-state index in [1.165, 1.54) is 27.3 Å². The summed E-state index contributed by atoms with van der Waals surface area (Å²) < 4.78 is 1.93. The smallest absolute Gasteiger partial charge is 0.162 e. The minimum Gasteiger partial charge on any atom is -0.512 e. The van der Waals surface area contributed by atoms with Crippen molar-refractivity contribution in [3.05, 3.63) is 102 Å². The summed E-state index contributed by atoms with van der Waals surface area (Å²) in [7, 11) is 4.26. The Bertz CT molecular complexity index is 1910. The maximum absolute atomic E-state index is 11.7. The predicted octanol–water partition coefficient (Wildman–Crippen LogP) is 11.9. The molecule has 0 atom stereocenters. The van der Waals surface area contributed by atoms with Gasteiger partial charge in [-0.3, -0.25) is 4.79 Å². The normalized spacial score (nSPS) is 12.0. The molecule has 3 heterocycles. The van der Waals surface area contributed by atoms with E-state index >= 15 is 0 Å². The van der Waals surface area contributed by atoms with Crippen LogP contribution in [0.3, 0.4) is 0 Å². The summed E-state index contributed by atoms with van der Waals surface area (Å²) in [5.74, 6) is 1.19. The summed E-state index contributed by atoms with van der Waals surface area (Å²) in [5, 5.41) is 13.4. The summed E-state index contributed by atoms with van der Waals surface area (Å²) in [6.07, 6.45) is 8.03. The molecule has 6 heteroatoms. The van der Waals surface area contributed by atoms with Crippen molar-refractivity contribution >= 4 is 38.1 Å². The van der Waals surface area contributed by atoms with E-state index in [9.17, 15) is 9.90 Å². The van der Waals surface area contributed by atoms with Gasteiger partial charge in [-0.05, 0) is 79.3 Å². The van der Waals surface area contributed by atoms with Crippen LogP contribution in [0.2, 0.25) is 0 Å². The van der Waals surface area contributed by atoms with E-state index in [1.807, 2.05) is 49.8 Å². The Labute approximate surface area is 318 Å². The molecule has 2 aromatic carbocycles. The van der Waals surface area contributed by atoms with Crippen LogP contribution in [0.15, 0.2) is 78.7 Å². The molecule has 0 saturated heterocycles. The van der Waals surface area contributed by atoms with Crippen LogP contribution in [-0.4, -0.2) is 15.9 Å². The van der Waals surface area contributed by atoms with Crippen molar-refractivity contribution in [2.24, 2.45) is 17.8 Å². The molecule has 3 aromatic heterocycles. The van der Waals surface area contributed by atoms with E-state index in [4.69, 9.17) is 4.98 Å². The summed E-state index contributed by atoms with van der Waals surface area (Å²) in [6, 6.07) is 25.3. The monoisotopic (exact) mass is 868 g/mol. The molecule has 5 rings (SSSR count). The van der Waals surface area contributed by atoms with Crippen LogP contribution in [0.25, 0.3) is 43.5 Å². The van der Waals surface area contributed by atoms with Crippen molar-refractivity contribution in [3.63, 3.8) is 0 Å². The van der Waals surface area contributed by atoms with Gasteiger partial charge in [0, 0.05) is 55.3 Å². The topological polar surface area (TPSA) is 54.1 Å². The number of pyridine rings is 2. The van der Waals surface area contributed by atoms with Crippen molar-refractivity contribution in [3.8, 4) is 22.5 Å². The van der Waals surface area contributed by atoms with Gasteiger partial charge >= 0.3 is 0 Å². The Morgan fingerprint density at radius 1 is 0.960 bits per heavy atom. The first kappa shape index (κ1) is 41.1. The van der Waals surface area contributed by atoms with Crippen molar-refractivity contribution in [2.75, 3.05) is 0 Å². The Morgan fingerprint density at radius 2 is 1.62 bits per heavy atom. The van der Waals surface area contributed by atoms with Gasteiger partial charge in [0.1, 0.15) is 10.5 Å². The number of hydrogen-bond donors (Lipinski definition) is 1. The Hall–Kier alpha value is -3.31. The first-order chi connectivity index (χ1) is 23.3. The third kappa shape index (κ3) is 10.1. The van der Waals surface area contributed by atoms with Crippen molar-refractivity contribution in [1.29, 1.82) is 0 Å². The van der Waals surface area contributed by atoms with Crippen LogP contribution in [0, 0.1) is 30.9 Å². The third-order valence-electron chi connectivity index (χ3n) is 9.32. The Balaban J connectivity index is 0.000000361. The number of allylic oxidation sites excluding steroid dienone is 2. The molecule has 0 aliphatic carbocycles. The van der Waals surface area contributed by atoms with Gasteiger partial charge in [-0.15, -0.1) is 40.5 Å². The third-order valence-corrected chi connectivity index (χ3v) is 10.4. The minimum atomic E-state index is 0. The summed E-state index contributed by atoms with van der Waals surface area (Å²) in [5.41, 5.74) is 5.50. The van der Waals surface area contributed by atoms with Crippen molar-refractivity contribution in [2.45, 2.75) is 99.8 Å². The summed E-state index contributed by atoms with van der Waals surface area (Å²) >= 11 is 1.81. The van der Waals surface area contributed by atoms with Crippen LogP contribution in [0.5, 0.6) is 0 Å². The molecule has 0 spiro atoms. The van der Waals surface area contributed by atoms with Crippen LogP contribution in [0.4, 0.5) is 0 Å². The molecule has 1 N–H and O–H groups in total. The molecule has 0 saturated carbocycles. The number of benzene rings is 2. The molecule has 0 aliphatic rings. The SMILES string of the molecule is CCC(CC)C(=O)/C=C(\O)C(CC)CC.[CH2-][n+]1ccc(-c2ccc3cc(CC(C)C)sc3n2)cc1-c1[c-]c2ccccc2c(C(C)(C)C)c1.[Ir]. The van der Waals surface area contributed by atoms with E-state index in [-0.39, 0.29) is 48.9 Å². The molecule has 0 amide bonds. The van der Waals surface area contributed by atoms with E-state index < -0.39 is 0 Å². The second-order valence-corrected chi connectivity index (χ2v) is 15.7. The van der Waals surface area contributed by atoms with E-state index in [1.54, 1.807) is 0 Å². The van der Waals surface area contributed by atoms with Gasteiger partial charge in [0.15, 0.2) is 5.78 Å². The average molecular weight is 868 g/mol. The second-order valence-electron chi connectivity index (χ2n) is 14.6. The number of rotatable bonds is 11. The number of thiophene rings is 1. The molecule has 0 fully saturated rings. The van der Waals surface area contributed by atoms with E-state index in [0.717, 1.165) is 64.8 Å². The molecule has 0 unspecified atom stereocenters. The largest absolute Gasteiger partial charge is 0.512 e. The molecule has 1 radical (unpaired) electrons. The number of aliphatic hydroxyl groups excluding tert-OH is 1. The van der Waals surface area contributed by atoms with Gasteiger partial charge in [-0.1, -0.05) is 91.5 Å². The van der Waals surface area contributed by atoms with Crippen LogP contribution in [0.1, 0.15) is 98.4 Å². The number of hydrogen-bond acceptors (Lipinski definition) is 4. The minimum absolute atomic E-state index is 0. The fourth-order valence-corrected chi connectivity index (χ4v) is 7.56. The molecule has 4 nitrogen and oxygen atoms in total. The summed E-state index contributed by atoms with van der Waals surface area (Å²) in [6.45, 7) is 19.4. The van der Waals surface area contributed by atoms with Gasteiger partial charge < -0.3 is 9.67 Å². The van der Waals surface area contributed by atoms with Crippen LogP contribution >= 0.6 is 11.3 Å². The zero-order valence-corrected chi connectivity index (χ0v) is 34.6. The molecular formula is C44H55IrN2O2S-. The van der Waals surface area contributed by atoms with Gasteiger partial charge in [-0.2, -0.15) is 0 Å². The molecule has 0 bridgehead atoms. The molecular weight excluding hydrogens is 813 g/mol. The fraction of sp³-hybridized carbons (Fsp3) is 0.409. The average Bonchev–Trinajstić information content (AvgIpc) is 3.46. The molecule has 5 aromatic rings. The van der Waals surface area contributed by atoms with E-state index in [0.29, 0.717) is 5.92 Å². The van der Waals surface area contributed by atoms with Gasteiger partial charge in [0.05, 0.1) is 17.6 Å². The van der Waals surface area contributed by atoms with Crippen molar-refractivity contribution < 1.29 is 34.6 Å².